The van der Waals surface area contributed by atoms with E-state index in [0.29, 0.717) is 12.8 Å². The van der Waals surface area contributed by atoms with Gasteiger partial charge in [-0.3, -0.25) is 9.59 Å². The number of aliphatic carboxylic acids is 1. The van der Waals surface area contributed by atoms with Crippen LogP contribution >= 0.6 is 0 Å². The van der Waals surface area contributed by atoms with Crippen LogP contribution in [0.5, 0.6) is 0 Å². The van der Waals surface area contributed by atoms with Crippen LogP contribution in [0.2, 0.25) is 0 Å². The van der Waals surface area contributed by atoms with Gasteiger partial charge in [0.2, 0.25) is 5.91 Å². The molecule has 116 valence electrons. The van der Waals surface area contributed by atoms with Crippen molar-refractivity contribution in [2.24, 2.45) is 5.73 Å². The van der Waals surface area contributed by atoms with Crippen LogP contribution in [-0.2, 0) is 9.59 Å². The lowest BCUT2D eigenvalue weighted by Gasteiger charge is -2.18. The Morgan fingerprint density at radius 3 is 2.43 bits per heavy atom. The van der Waals surface area contributed by atoms with E-state index in [1.54, 1.807) is 0 Å². The quantitative estimate of drug-likeness (QED) is 0.650. The molecule has 0 saturated carbocycles. The van der Waals surface area contributed by atoms with Crippen LogP contribution in [0, 0.1) is 0 Å². The van der Waals surface area contributed by atoms with Crippen molar-refractivity contribution < 1.29 is 14.7 Å². The molecule has 0 aliphatic carbocycles. The van der Waals surface area contributed by atoms with Crippen LogP contribution < -0.4 is 11.1 Å². The number of rotatable bonds is 9. The molecule has 0 aliphatic heterocycles. The molecule has 0 radical (unpaired) electrons. The third kappa shape index (κ3) is 7.46. The zero-order valence-corrected chi connectivity index (χ0v) is 12.4. The molecule has 5 nitrogen and oxygen atoms in total. The van der Waals surface area contributed by atoms with Gasteiger partial charge in [-0.15, -0.1) is 0 Å². The van der Waals surface area contributed by atoms with Gasteiger partial charge in [-0.1, -0.05) is 30.3 Å². The van der Waals surface area contributed by atoms with Gasteiger partial charge in [-0.2, -0.15) is 0 Å². The van der Waals surface area contributed by atoms with E-state index in [1.807, 2.05) is 37.3 Å². The maximum Gasteiger partial charge on any atom is 0.303 e. The fourth-order valence-corrected chi connectivity index (χ4v) is 2.13. The molecule has 0 aromatic heterocycles. The summed E-state index contributed by atoms with van der Waals surface area (Å²) in [4.78, 5) is 22.7. The first-order valence-corrected chi connectivity index (χ1v) is 7.30. The number of carboxylic acid groups (broad SMARTS) is 1. The molecule has 1 aromatic carbocycles. The first-order valence-electron chi connectivity index (χ1n) is 7.30. The number of hydrogen-bond donors (Lipinski definition) is 3. The normalized spacial score (nSPS) is 13.4. The Hall–Kier alpha value is -1.88. The summed E-state index contributed by atoms with van der Waals surface area (Å²) in [5.41, 5.74) is 6.58. The summed E-state index contributed by atoms with van der Waals surface area (Å²) in [5.74, 6) is -0.919. The molecule has 21 heavy (non-hydrogen) atoms. The number of carboxylic acids is 1. The fourth-order valence-electron chi connectivity index (χ4n) is 2.13. The number of hydrogen-bond acceptors (Lipinski definition) is 3. The second-order valence-corrected chi connectivity index (χ2v) is 5.33. The molecule has 5 heteroatoms. The Labute approximate surface area is 125 Å². The number of benzene rings is 1. The highest BCUT2D eigenvalue weighted by molar-refractivity contribution is 5.76. The smallest absolute Gasteiger partial charge is 0.303 e. The largest absolute Gasteiger partial charge is 0.481 e. The lowest BCUT2D eigenvalue weighted by atomic mass is 10.0. The van der Waals surface area contributed by atoms with Crippen molar-refractivity contribution in [2.45, 2.75) is 51.1 Å². The Morgan fingerprint density at radius 1 is 1.19 bits per heavy atom. The van der Waals surface area contributed by atoms with E-state index in [2.05, 4.69) is 5.32 Å². The van der Waals surface area contributed by atoms with E-state index in [9.17, 15) is 9.59 Å². The summed E-state index contributed by atoms with van der Waals surface area (Å²) in [6.45, 7) is 1.91. The minimum absolute atomic E-state index is 0.0275. The average Bonchev–Trinajstić information content (AvgIpc) is 2.43. The van der Waals surface area contributed by atoms with E-state index in [0.717, 1.165) is 18.4 Å². The van der Waals surface area contributed by atoms with Gasteiger partial charge in [0.15, 0.2) is 0 Å². The van der Waals surface area contributed by atoms with E-state index >= 15 is 0 Å². The standard InChI is InChI=1S/C16H24N2O3/c1-12(17)6-5-9-15(19)18-14(10-11-16(20)21)13-7-3-2-4-8-13/h2-4,7-8,12,14H,5-6,9-11,17H2,1H3,(H,18,19)(H,20,21). The topological polar surface area (TPSA) is 92.4 Å². The Morgan fingerprint density at radius 2 is 1.86 bits per heavy atom. The summed E-state index contributed by atoms with van der Waals surface area (Å²) in [6, 6.07) is 9.28. The molecule has 2 unspecified atom stereocenters. The molecule has 4 N–H and O–H groups in total. The summed E-state index contributed by atoms with van der Waals surface area (Å²) in [5, 5.41) is 11.7. The van der Waals surface area contributed by atoms with Crippen LogP contribution in [0.3, 0.4) is 0 Å². The predicted octanol–water partition coefficient (Wildman–Crippen LogP) is 2.23. The van der Waals surface area contributed by atoms with Crippen molar-refractivity contribution in [1.82, 2.24) is 5.32 Å². The Balaban J connectivity index is 2.56. The van der Waals surface area contributed by atoms with E-state index in [4.69, 9.17) is 10.8 Å². The first kappa shape index (κ1) is 17.2. The van der Waals surface area contributed by atoms with Gasteiger partial charge in [0.05, 0.1) is 6.04 Å². The molecule has 0 heterocycles. The van der Waals surface area contributed by atoms with Crippen LogP contribution in [0.25, 0.3) is 0 Å². The minimum Gasteiger partial charge on any atom is -0.481 e. The molecule has 1 aromatic rings. The maximum atomic E-state index is 12.0. The SMILES string of the molecule is CC(N)CCCC(=O)NC(CCC(=O)O)c1ccccc1. The van der Waals surface area contributed by atoms with Crippen molar-refractivity contribution in [2.75, 3.05) is 0 Å². The van der Waals surface area contributed by atoms with Gasteiger partial charge < -0.3 is 16.2 Å². The summed E-state index contributed by atoms with van der Waals surface area (Å²) < 4.78 is 0. The third-order valence-electron chi connectivity index (χ3n) is 3.25. The number of amides is 1. The summed E-state index contributed by atoms with van der Waals surface area (Å²) >= 11 is 0. The molecule has 1 amide bonds. The molecule has 0 bridgehead atoms. The van der Waals surface area contributed by atoms with Crippen molar-refractivity contribution in [3.8, 4) is 0 Å². The van der Waals surface area contributed by atoms with Crippen LogP contribution in [0.4, 0.5) is 0 Å². The lowest BCUT2D eigenvalue weighted by molar-refractivity contribution is -0.137. The highest BCUT2D eigenvalue weighted by atomic mass is 16.4. The monoisotopic (exact) mass is 292 g/mol. The zero-order valence-electron chi connectivity index (χ0n) is 12.4. The van der Waals surface area contributed by atoms with Gasteiger partial charge in [-0.25, -0.2) is 0 Å². The van der Waals surface area contributed by atoms with E-state index in [1.165, 1.54) is 0 Å². The Bertz CT molecular complexity index is 446. The summed E-state index contributed by atoms with van der Waals surface area (Å²) in [7, 11) is 0. The number of carbonyl (C=O) groups is 2. The predicted molar refractivity (Wildman–Crippen MR) is 81.7 cm³/mol. The highest BCUT2D eigenvalue weighted by Crippen LogP contribution is 2.18. The number of nitrogens with one attached hydrogen (secondary N) is 1. The molecular formula is C16H24N2O3. The van der Waals surface area contributed by atoms with Crippen LogP contribution in [-0.4, -0.2) is 23.0 Å². The van der Waals surface area contributed by atoms with Gasteiger partial charge in [-0.05, 0) is 31.7 Å². The molecular weight excluding hydrogens is 268 g/mol. The highest BCUT2D eigenvalue weighted by Gasteiger charge is 2.15. The van der Waals surface area contributed by atoms with E-state index < -0.39 is 5.97 Å². The van der Waals surface area contributed by atoms with E-state index in [-0.39, 0.29) is 24.4 Å². The molecule has 0 fully saturated rings. The average molecular weight is 292 g/mol. The Kier molecular flexibility index (Phi) is 7.46. The van der Waals surface area contributed by atoms with Gasteiger partial charge >= 0.3 is 5.97 Å². The van der Waals surface area contributed by atoms with Gasteiger partial charge in [0, 0.05) is 18.9 Å². The van der Waals surface area contributed by atoms with Crippen LogP contribution in [0.1, 0.15) is 50.6 Å². The molecule has 2 atom stereocenters. The second kappa shape index (κ2) is 9.13. The van der Waals surface area contributed by atoms with Crippen molar-refractivity contribution in [3.05, 3.63) is 35.9 Å². The van der Waals surface area contributed by atoms with Crippen LogP contribution in [0.15, 0.2) is 30.3 Å². The van der Waals surface area contributed by atoms with Crippen molar-refractivity contribution in [3.63, 3.8) is 0 Å². The maximum absolute atomic E-state index is 12.0. The number of carbonyl (C=O) groups excluding carboxylic acids is 1. The van der Waals surface area contributed by atoms with Crippen molar-refractivity contribution in [1.29, 1.82) is 0 Å². The third-order valence-corrected chi connectivity index (χ3v) is 3.25. The molecule has 1 rings (SSSR count). The second-order valence-electron chi connectivity index (χ2n) is 5.33. The van der Waals surface area contributed by atoms with Crippen molar-refractivity contribution >= 4 is 11.9 Å². The molecule has 0 saturated heterocycles. The fraction of sp³-hybridized carbons (Fsp3) is 0.500. The zero-order chi connectivity index (χ0) is 15.7. The molecule has 0 spiro atoms. The van der Waals surface area contributed by atoms with Gasteiger partial charge in [0.1, 0.15) is 0 Å². The summed E-state index contributed by atoms with van der Waals surface area (Å²) in [6.07, 6.45) is 2.37. The van der Waals surface area contributed by atoms with Gasteiger partial charge in [0.25, 0.3) is 0 Å². The molecule has 0 aliphatic rings. The minimum atomic E-state index is -0.859. The lowest BCUT2D eigenvalue weighted by Crippen LogP contribution is -2.29. The number of nitrogens with two attached hydrogens (primary N) is 1. The first-order chi connectivity index (χ1) is 9.99.